The molecule has 1 heterocycles. The van der Waals surface area contributed by atoms with Crippen LogP contribution in [0, 0.1) is 17.5 Å². The summed E-state index contributed by atoms with van der Waals surface area (Å²) in [6.07, 6.45) is -0.664. The van der Waals surface area contributed by atoms with Gasteiger partial charge >= 0.3 is 0 Å². The van der Waals surface area contributed by atoms with Crippen molar-refractivity contribution in [1.82, 2.24) is 5.32 Å². The van der Waals surface area contributed by atoms with Crippen molar-refractivity contribution < 1.29 is 32.9 Å². The fourth-order valence-corrected chi connectivity index (χ4v) is 4.29. The minimum Gasteiger partial charge on any atom is -0.397 e. The number of halogens is 3. The number of nitrogens with one attached hydrogen (secondary N) is 1. The lowest BCUT2D eigenvalue weighted by atomic mass is 10.1. The molecule has 0 radical (unpaired) electrons. The second-order valence-electron chi connectivity index (χ2n) is 7.16. The molecular formula is C22H25F3N2O4S. The molecule has 0 aromatic heterocycles. The Bertz CT molecular complexity index is 896. The topological polar surface area (TPSA) is 97.0 Å². The normalized spacial score (nSPS) is 23.8. The fourth-order valence-electron chi connectivity index (χ4n) is 3.11. The number of ether oxygens (including phenoxy) is 2. The van der Waals surface area contributed by atoms with Crippen LogP contribution >= 0.6 is 11.8 Å². The van der Waals surface area contributed by atoms with E-state index >= 15 is 0 Å². The quantitative estimate of drug-likeness (QED) is 0.418. The molecule has 4 atom stereocenters. The molecular weight excluding hydrogens is 445 g/mol. The van der Waals surface area contributed by atoms with Crippen LogP contribution in [0.4, 0.5) is 13.2 Å². The first-order chi connectivity index (χ1) is 15.4. The van der Waals surface area contributed by atoms with E-state index in [0.717, 1.165) is 24.3 Å². The monoisotopic (exact) mass is 470 g/mol. The summed E-state index contributed by atoms with van der Waals surface area (Å²) in [5.41, 5.74) is 6.48. The summed E-state index contributed by atoms with van der Waals surface area (Å²) in [6, 6.07) is 11.5. The van der Waals surface area contributed by atoms with Crippen LogP contribution in [-0.4, -0.2) is 53.1 Å². The minimum atomic E-state index is -1.56. The Hall–Kier alpha value is -2.24. The lowest BCUT2D eigenvalue weighted by Gasteiger charge is -2.38. The zero-order valence-corrected chi connectivity index (χ0v) is 17.9. The van der Waals surface area contributed by atoms with E-state index in [1.54, 1.807) is 0 Å². The average molecular weight is 471 g/mol. The van der Waals surface area contributed by atoms with Crippen molar-refractivity contribution >= 4 is 17.5 Å². The lowest BCUT2D eigenvalue weighted by Crippen LogP contribution is -2.52. The second-order valence-corrected chi connectivity index (χ2v) is 8.36. The Morgan fingerprint density at radius 2 is 1.78 bits per heavy atom. The van der Waals surface area contributed by atoms with Crippen LogP contribution in [0.15, 0.2) is 48.7 Å². The van der Waals surface area contributed by atoms with Gasteiger partial charge in [0.2, 0.25) is 0 Å². The van der Waals surface area contributed by atoms with Crippen LogP contribution < -0.4 is 11.1 Å². The van der Waals surface area contributed by atoms with Gasteiger partial charge in [-0.2, -0.15) is 0 Å². The van der Waals surface area contributed by atoms with Crippen molar-refractivity contribution in [1.29, 1.82) is 0 Å². The minimum absolute atomic E-state index is 0.0124. The van der Waals surface area contributed by atoms with Crippen LogP contribution in [0.25, 0.3) is 5.70 Å². The van der Waals surface area contributed by atoms with E-state index in [4.69, 9.17) is 15.2 Å². The van der Waals surface area contributed by atoms with Crippen LogP contribution in [0.2, 0.25) is 0 Å². The maximum Gasteiger partial charge on any atom is 0.194 e. The third kappa shape index (κ3) is 6.39. The molecule has 4 unspecified atom stereocenters. The number of hydrogen-bond donors (Lipinski definition) is 4. The van der Waals surface area contributed by atoms with Gasteiger partial charge in [0.1, 0.15) is 17.6 Å². The van der Waals surface area contributed by atoms with Gasteiger partial charge in [-0.3, -0.25) is 0 Å². The number of aliphatic hydroxyl groups is 2. The van der Waals surface area contributed by atoms with E-state index in [2.05, 4.69) is 5.32 Å². The molecule has 0 aliphatic carbocycles. The summed E-state index contributed by atoms with van der Waals surface area (Å²) in [5, 5.41) is 22.3. The molecule has 0 amide bonds. The van der Waals surface area contributed by atoms with Crippen LogP contribution in [0.3, 0.4) is 0 Å². The Kier molecular flexibility index (Phi) is 8.83. The number of thioether (sulfide) groups is 1. The highest BCUT2D eigenvalue weighted by molar-refractivity contribution is 7.99. The molecule has 32 heavy (non-hydrogen) atoms. The van der Waals surface area contributed by atoms with E-state index in [0.29, 0.717) is 0 Å². The van der Waals surface area contributed by atoms with Gasteiger partial charge in [-0.15, -0.1) is 11.8 Å². The standard InChI is InChI=1S/C22H25F3N2O4S/c23-15-8-14(9-16(24)20(15)25)17(26)10-27-11-18-22(31-19(12-28)21(29)30-18)32-7-6-13-4-2-1-3-5-13/h1-5,8-10,18-19,21-22,27-29H,6-7,11-12,26H2/b17-10-. The third-order valence-electron chi connectivity index (χ3n) is 4.83. The van der Waals surface area contributed by atoms with Crippen LogP contribution in [0.5, 0.6) is 0 Å². The largest absolute Gasteiger partial charge is 0.397 e. The maximum atomic E-state index is 13.4. The molecule has 2 aromatic rings. The number of aryl methyl sites for hydroxylation is 1. The predicted octanol–water partition coefficient (Wildman–Crippen LogP) is 2.35. The van der Waals surface area contributed by atoms with E-state index in [9.17, 15) is 23.4 Å². The van der Waals surface area contributed by atoms with Crippen LogP contribution in [0.1, 0.15) is 11.1 Å². The van der Waals surface area contributed by atoms with E-state index in [1.165, 1.54) is 23.5 Å². The van der Waals surface area contributed by atoms with Crippen LogP contribution in [-0.2, 0) is 15.9 Å². The molecule has 0 saturated carbocycles. The van der Waals surface area contributed by atoms with Gasteiger partial charge in [0.25, 0.3) is 0 Å². The van der Waals surface area contributed by atoms with E-state index in [1.807, 2.05) is 30.3 Å². The summed E-state index contributed by atoms with van der Waals surface area (Å²) < 4.78 is 51.3. The van der Waals surface area contributed by atoms with Gasteiger partial charge < -0.3 is 30.7 Å². The van der Waals surface area contributed by atoms with Gasteiger partial charge in [0.15, 0.2) is 23.7 Å². The zero-order valence-electron chi connectivity index (χ0n) is 17.1. The Labute approximate surface area is 188 Å². The van der Waals surface area contributed by atoms with Gasteiger partial charge in [-0.25, -0.2) is 13.2 Å². The number of aliphatic hydroxyl groups excluding tert-OH is 2. The van der Waals surface area contributed by atoms with E-state index in [-0.39, 0.29) is 17.8 Å². The van der Waals surface area contributed by atoms with Crippen molar-refractivity contribution in [2.24, 2.45) is 5.73 Å². The fraction of sp³-hybridized carbons (Fsp3) is 0.364. The predicted molar refractivity (Wildman–Crippen MR) is 116 cm³/mol. The Balaban J connectivity index is 1.60. The summed E-state index contributed by atoms with van der Waals surface area (Å²) >= 11 is 1.48. The van der Waals surface area contributed by atoms with Gasteiger partial charge in [0.05, 0.1) is 12.3 Å². The molecule has 6 nitrogen and oxygen atoms in total. The third-order valence-corrected chi connectivity index (χ3v) is 6.02. The lowest BCUT2D eigenvalue weighted by molar-refractivity contribution is -0.270. The number of hydrogen-bond acceptors (Lipinski definition) is 7. The SMILES string of the molecule is N/C(=C\NCC1OC(O)C(CO)OC1SCCc1ccccc1)c1cc(F)c(F)c(F)c1. The number of rotatable bonds is 9. The van der Waals surface area contributed by atoms with Gasteiger partial charge in [-0.05, 0) is 29.9 Å². The Morgan fingerprint density at radius 1 is 1.09 bits per heavy atom. The molecule has 2 aromatic carbocycles. The molecule has 0 bridgehead atoms. The summed E-state index contributed by atoms with van der Waals surface area (Å²) in [7, 11) is 0. The highest BCUT2D eigenvalue weighted by atomic mass is 32.2. The zero-order chi connectivity index (χ0) is 23.1. The molecule has 5 N–H and O–H groups in total. The summed E-state index contributed by atoms with van der Waals surface area (Å²) in [5.74, 6) is -3.53. The first-order valence-corrected chi connectivity index (χ1v) is 11.0. The molecule has 3 rings (SSSR count). The number of benzene rings is 2. The number of nitrogens with two attached hydrogens (primary N) is 1. The van der Waals surface area contributed by atoms with Crippen molar-refractivity contribution in [2.75, 3.05) is 18.9 Å². The van der Waals surface area contributed by atoms with Gasteiger partial charge in [0, 0.05) is 18.3 Å². The van der Waals surface area contributed by atoms with Crippen molar-refractivity contribution in [3.05, 3.63) is 77.2 Å². The van der Waals surface area contributed by atoms with Crippen molar-refractivity contribution in [3.63, 3.8) is 0 Å². The maximum absolute atomic E-state index is 13.4. The summed E-state index contributed by atoms with van der Waals surface area (Å²) in [4.78, 5) is 0. The molecule has 1 saturated heterocycles. The Morgan fingerprint density at radius 3 is 2.44 bits per heavy atom. The molecule has 0 spiro atoms. The highest BCUT2D eigenvalue weighted by Gasteiger charge is 2.37. The highest BCUT2D eigenvalue weighted by Crippen LogP contribution is 2.28. The molecule has 1 aliphatic heterocycles. The molecule has 10 heteroatoms. The van der Waals surface area contributed by atoms with Crippen molar-refractivity contribution in [2.45, 2.75) is 30.4 Å². The molecule has 1 aliphatic rings. The molecule has 174 valence electrons. The molecule has 1 fully saturated rings. The van der Waals surface area contributed by atoms with Crippen molar-refractivity contribution in [3.8, 4) is 0 Å². The second kappa shape index (κ2) is 11.6. The average Bonchev–Trinajstić information content (AvgIpc) is 2.79. The first-order valence-electron chi connectivity index (χ1n) is 9.98. The van der Waals surface area contributed by atoms with E-state index < -0.39 is 48.0 Å². The first kappa shape index (κ1) is 24.4. The summed E-state index contributed by atoms with van der Waals surface area (Å²) in [6.45, 7) is -0.239. The smallest absolute Gasteiger partial charge is 0.194 e. The van der Waals surface area contributed by atoms with Gasteiger partial charge in [-0.1, -0.05) is 30.3 Å².